The zero-order chi connectivity index (χ0) is 31.7. The van der Waals surface area contributed by atoms with Crippen molar-refractivity contribution in [2.75, 3.05) is 19.8 Å². The summed E-state index contributed by atoms with van der Waals surface area (Å²) in [5, 5.41) is 0. The molecular formula is C40H38N2O4. The second kappa shape index (κ2) is 12.5. The minimum atomic E-state index is -0.364. The maximum absolute atomic E-state index is 12.7. The molecule has 3 aliphatic rings. The van der Waals surface area contributed by atoms with Gasteiger partial charge in [-0.3, -0.25) is 19.5 Å². The fraction of sp³-hybridized carbons (Fsp3) is 0.275. The molecule has 6 nitrogen and oxygen atoms in total. The summed E-state index contributed by atoms with van der Waals surface area (Å²) in [5.74, 6) is 0.142. The first-order valence-electron chi connectivity index (χ1n) is 16.3. The van der Waals surface area contributed by atoms with Crippen molar-refractivity contribution in [1.29, 1.82) is 0 Å². The van der Waals surface area contributed by atoms with Gasteiger partial charge in [-0.15, -0.1) is 0 Å². The van der Waals surface area contributed by atoms with E-state index < -0.39 is 0 Å². The molecule has 3 aliphatic heterocycles. The van der Waals surface area contributed by atoms with Gasteiger partial charge in [0.1, 0.15) is 17.9 Å². The summed E-state index contributed by atoms with van der Waals surface area (Å²) >= 11 is 0. The monoisotopic (exact) mass is 610 g/mol. The number of hydrogen-bond donors (Lipinski definition) is 0. The van der Waals surface area contributed by atoms with Crippen molar-refractivity contribution in [3.05, 3.63) is 136 Å². The fourth-order valence-electron chi connectivity index (χ4n) is 7.09. The molecule has 0 aliphatic carbocycles. The van der Waals surface area contributed by atoms with Crippen molar-refractivity contribution >= 4 is 29.2 Å². The van der Waals surface area contributed by atoms with E-state index in [0.717, 1.165) is 42.6 Å². The van der Waals surface area contributed by atoms with Crippen LogP contribution in [0.3, 0.4) is 0 Å². The SMILES string of the molecule is CC/C(=C(/c1ccc(OCCN2C(=O)c3ccccc3C2=O)cc1)c1ccc2c(c1)C=NC2(C)C1CCCCO1)c1ccccc1. The Kier molecular flexibility index (Phi) is 8.14. The predicted molar refractivity (Wildman–Crippen MR) is 181 cm³/mol. The first kappa shape index (κ1) is 29.9. The first-order valence-corrected chi connectivity index (χ1v) is 16.3. The number of nitrogens with zero attached hydrogens (tertiary/aromatic N) is 2. The lowest BCUT2D eigenvalue weighted by Crippen LogP contribution is -2.38. The summed E-state index contributed by atoms with van der Waals surface area (Å²) in [6.07, 6.45) is 6.30. The number of benzene rings is 4. The number of amides is 2. The van der Waals surface area contributed by atoms with E-state index in [1.807, 2.05) is 24.4 Å². The molecule has 0 saturated carbocycles. The average molecular weight is 611 g/mol. The molecule has 7 rings (SSSR count). The summed E-state index contributed by atoms with van der Waals surface area (Å²) in [5.41, 5.74) is 8.74. The summed E-state index contributed by atoms with van der Waals surface area (Å²) in [7, 11) is 0. The maximum Gasteiger partial charge on any atom is 0.261 e. The van der Waals surface area contributed by atoms with E-state index in [1.54, 1.807) is 24.3 Å². The quantitative estimate of drug-likeness (QED) is 0.143. The average Bonchev–Trinajstić information content (AvgIpc) is 3.57. The summed E-state index contributed by atoms with van der Waals surface area (Å²) in [6.45, 7) is 5.61. The second-order valence-corrected chi connectivity index (χ2v) is 12.3. The van der Waals surface area contributed by atoms with E-state index >= 15 is 0 Å². The largest absolute Gasteiger partial charge is 0.492 e. The second-order valence-electron chi connectivity index (χ2n) is 12.3. The highest BCUT2D eigenvalue weighted by atomic mass is 16.5. The summed E-state index contributed by atoms with van der Waals surface area (Å²) < 4.78 is 12.2. The first-order chi connectivity index (χ1) is 22.5. The van der Waals surface area contributed by atoms with Gasteiger partial charge in [-0.25, -0.2) is 0 Å². The molecule has 4 aromatic carbocycles. The number of carbonyl (C=O) groups excluding carboxylic acids is 2. The minimum Gasteiger partial charge on any atom is -0.492 e. The Balaban J connectivity index is 1.15. The van der Waals surface area contributed by atoms with E-state index in [9.17, 15) is 9.59 Å². The number of imide groups is 1. The molecule has 2 atom stereocenters. The number of allylic oxidation sites excluding steroid dienone is 1. The van der Waals surface area contributed by atoms with Gasteiger partial charge in [0, 0.05) is 12.8 Å². The third-order valence-corrected chi connectivity index (χ3v) is 9.55. The molecular weight excluding hydrogens is 572 g/mol. The van der Waals surface area contributed by atoms with Crippen molar-refractivity contribution < 1.29 is 19.1 Å². The zero-order valence-electron chi connectivity index (χ0n) is 26.4. The van der Waals surface area contributed by atoms with Gasteiger partial charge in [-0.1, -0.05) is 73.7 Å². The highest BCUT2D eigenvalue weighted by molar-refractivity contribution is 6.21. The van der Waals surface area contributed by atoms with Crippen LogP contribution >= 0.6 is 0 Å². The van der Waals surface area contributed by atoms with Crippen molar-refractivity contribution in [2.24, 2.45) is 4.99 Å². The highest BCUT2D eigenvalue weighted by Gasteiger charge is 2.41. The summed E-state index contributed by atoms with van der Waals surface area (Å²) in [4.78, 5) is 31.7. The van der Waals surface area contributed by atoms with Crippen LogP contribution in [-0.4, -0.2) is 48.8 Å². The van der Waals surface area contributed by atoms with Crippen LogP contribution in [-0.2, 0) is 10.3 Å². The molecule has 0 N–H and O–H groups in total. The number of aliphatic imine (C=N–C) groups is 1. The number of hydrogen-bond acceptors (Lipinski definition) is 5. The fourth-order valence-corrected chi connectivity index (χ4v) is 7.09. The van der Waals surface area contributed by atoms with Crippen LogP contribution < -0.4 is 4.74 Å². The Bertz CT molecular complexity index is 1800. The highest BCUT2D eigenvalue weighted by Crippen LogP contribution is 2.43. The molecule has 4 aromatic rings. The smallest absolute Gasteiger partial charge is 0.261 e. The standard InChI is InChI=1S/C40H38N2O4/c1-3-32(27-11-5-4-6-12-27)37(29-18-21-35-30(25-29)26-41-40(35,2)36-15-9-10-23-46-36)28-16-19-31(20-17-28)45-24-22-42-38(43)33-13-7-8-14-34(33)39(42)44/h4-8,11-14,16-21,25-26,36H,3,9-10,15,22-24H2,1-2H3/b37-32+. The van der Waals surface area contributed by atoms with Crippen LogP contribution in [0.25, 0.3) is 11.1 Å². The predicted octanol–water partition coefficient (Wildman–Crippen LogP) is 7.95. The molecule has 2 unspecified atom stereocenters. The Hall–Kier alpha value is -4.81. The number of ether oxygens (including phenoxy) is 2. The van der Waals surface area contributed by atoms with Crippen molar-refractivity contribution in [3.8, 4) is 5.75 Å². The van der Waals surface area contributed by atoms with E-state index in [2.05, 4.69) is 68.4 Å². The van der Waals surface area contributed by atoms with Gasteiger partial charge in [0.15, 0.2) is 0 Å². The van der Waals surface area contributed by atoms with Crippen molar-refractivity contribution in [2.45, 2.75) is 51.2 Å². The van der Waals surface area contributed by atoms with Crippen LogP contribution in [0.5, 0.6) is 5.75 Å². The molecule has 0 spiro atoms. The van der Waals surface area contributed by atoms with Crippen LogP contribution in [0, 0.1) is 0 Å². The number of rotatable bonds is 9. The minimum absolute atomic E-state index is 0.0970. The summed E-state index contributed by atoms with van der Waals surface area (Å²) in [6, 6.07) is 32.3. The normalized spacial score (nSPS) is 20.8. The molecule has 0 aromatic heterocycles. The van der Waals surface area contributed by atoms with Crippen molar-refractivity contribution in [3.63, 3.8) is 0 Å². The maximum atomic E-state index is 12.7. The van der Waals surface area contributed by atoms with Gasteiger partial charge in [0.25, 0.3) is 11.8 Å². The Morgan fingerprint density at radius 1 is 0.870 bits per heavy atom. The molecule has 6 heteroatoms. The van der Waals surface area contributed by atoms with E-state index in [0.29, 0.717) is 16.9 Å². The third-order valence-electron chi connectivity index (χ3n) is 9.55. The third kappa shape index (κ3) is 5.37. The molecule has 1 fully saturated rings. The molecule has 0 radical (unpaired) electrons. The van der Waals surface area contributed by atoms with Gasteiger partial charge in [0.05, 0.1) is 23.8 Å². The lowest BCUT2D eigenvalue weighted by atomic mass is 9.81. The molecule has 232 valence electrons. The Labute approximate surface area is 270 Å². The van der Waals surface area contributed by atoms with Gasteiger partial charge < -0.3 is 9.47 Å². The lowest BCUT2D eigenvalue weighted by Gasteiger charge is -2.35. The zero-order valence-corrected chi connectivity index (χ0v) is 26.4. The van der Waals surface area contributed by atoms with Crippen LogP contribution in [0.15, 0.2) is 102 Å². The van der Waals surface area contributed by atoms with Gasteiger partial charge in [-0.2, -0.15) is 0 Å². The van der Waals surface area contributed by atoms with Crippen LogP contribution in [0.2, 0.25) is 0 Å². The number of carbonyl (C=O) groups is 2. The molecule has 2 amide bonds. The molecule has 0 bridgehead atoms. The Morgan fingerprint density at radius 3 is 2.24 bits per heavy atom. The van der Waals surface area contributed by atoms with Gasteiger partial charge >= 0.3 is 0 Å². The van der Waals surface area contributed by atoms with Crippen LogP contribution in [0.4, 0.5) is 0 Å². The van der Waals surface area contributed by atoms with E-state index in [-0.39, 0.29) is 36.6 Å². The molecule has 1 saturated heterocycles. The molecule has 3 heterocycles. The van der Waals surface area contributed by atoms with Gasteiger partial charge in [-0.05, 0) is 102 Å². The number of fused-ring (bicyclic) bond motifs is 2. The van der Waals surface area contributed by atoms with Crippen LogP contribution in [0.1, 0.15) is 88.1 Å². The molecule has 46 heavy (non-hydrogen) atoms. The topological polar surface area (TPSA) is 68.2 Å². The van der Waals surface area contributed by atoms with Crippen molar-refractivity contribution in [1.82, 2.24) is 4.90 Å². The lowest BCUT2D eigenvalue weighted by molar-refractivity contribution is -0.0274. The Morgan fingerprint density at radius 2 is 1.57 bits per heavy atom. The van der Waals surface area contributed by atoms with Gasteiger partial charge in [0.2, 0.25) is 0 Å². The van der Waals surface area contributed by atoms with E-state index in [1.165, 1.54) is 33.6 Å². The van der Waals surface area contributed by atoms with E-state index in [4.69, 9.17) is 14.5 Å².